The molecule has 0 aliphatic carbocycles. The van der Waals surface area contributed by atoms with Crippen LogP contribution in [0.1, 0.15) is 12.5 Å². The van der Waals surface area contributed by atoms with Gasteiger partial charge < -0.3 is 5.32 Å². The average molecular weight is 381 g/mol. The summed E-state index contributed by atoms with van der Waals surface area (Å²) in [5, 5.41) is 10.0. The predicted octanol–water partition coefficient (Wildman–Crippen LogP) is 3.65. The highest BCUT2D eigenvalue weighted by molar-refractivity contribution is 7.92. The lowest BCUT2D eigenvalue weighted by atomic mass is 10.2. The number of benzene rings is 1. The molecule has 2 rings (SSSR count). The van der Waals surface area contributed by atoms with E-state index in [1.807, 2.05) is 0 Å². The van der Waals surface area contributed by atoms with Crippen molar-refractivity contribution >= 4 is 38.9 Å². The minimum atomic E-state index is -4.50. The zero-order chi connectivity index (χ0) is 18.0. The number of alkyl halides is 3. The van der Waals surface area contributed by atoms with Crippen molar-refractivity contribution in [2.75, 3.05) is 15.8 Å². The van der Waals surface area contributed by atoms with Gasteiger partial charge in [-0.15, -0.1) is 10.2 Å². The summed E-state index contributed by atoms with van der Waals surface area (Å²) in [6, 6.07) is 5.50. The van der Waals surface area contributed by atoms with Crippen LogP contribution in [0.25, 0.3) is 0 Å². The van der Waals surface area contributed by atoms with Crippen molar-refractivity contribution in [3.05, 3.63) is 40.9 Å². The normalized spacial score (nSPS) is 12.0. The molecule has 6 nitrogen and oxygen atoms in total. The zero-order valence-corrected chi connectivity index (χ0v) is 13.8. The first kappa shape index (κ1) is 18.3. The predicted molar refractivity (Wildman–Crippen MR) is 84.9 cm³/mol. The minimum Gasteiger partial charge on any atom is -0.338 e. The molecule has 24 heavy (non-hydrogen) atoms. The van der Waals surface area contributed by atoms with Gasteiger partial charge >= 0.3 is 6.18 Å². The maximum absolute atomic E-state index is 12.7. The fourth-order valence-electron chi connectivity index (χ4n) is 1.62. The molecule has 0 amide bonds. The molecular weight excluding hydrogens is 369 g/mol. The second-order valence-corrected chi connectivity index (χ2v) is 7.04. The van der Waals surface area contributed by atoms with E-state index in [1.165, 1.54) is 19.1 Å². The Bertz CT molecular complexity index is 826. The summed E-state index contributed by atoms with van der Waals surface area (Å²) in [5.41, 5.74) is -0.864. The third-order valence-corrected chi connectivity index (χ3v) is 4.47. The van der Waals surface area contributed by atoms with E-state index in [4.69, 9.17) is 11.6 Å². The summed E-state index contributed by atoms with van der Waals surface area (Å²) < 4.78 is 63.2. The van der Waals surface area contributed by atoms with Gasteiger partial charge in [0, 0.05) is 0 Å². The Hall–Kier alpha value is -2.07. The van der Waals surface area contributed by atoms with E-state index in [-0.39, 0.29) is 28.1 Å². The topological polar surface area (TPSA) is 84.0 Å². The number of aromatic nitrogens is 2. The van der Waals surface area contributed by atoms with E-state index in [0.29, 0.717) is 0 Å². The van der Waals surface area contributed by atoms with Crippen LogP contribution in [0.15, 0.2) is 30.3 Å². The summed E-state index contributed by atoms with van der Waals surface area (Å²) in [7, 11) is -3.49. The van der Waals surface area contributed by atoms with Crippen LogP contribution < -0.4 is 10.0 Å². The van der Waals surface area contributed by atoms with Crippen molar-refractivity contribution in [2.45, 2.75) is 13.1 Å². The van der Waals surface area contributed by atoms with Crippen LogP contribution in [0.4, 0.5) is 30.5 Å². The Labute approximate surface area is 141 Å². The standard InChI is InChI=1S/C13H12ClF3N4O2S/c1-2-24(22,23)21-12-6-5-11(19-20-12)18-10-7-8(13(15,16)17)3-4-9(10)14/h3-7H,2H2,1H3,(H,18,19)(H,20,21). The van der Waals surface area contributed by atoms with Crippen LogP contribution in [0.2, 0.25) is 5.02 Å². The molecule has 0 aliphatic rings. The second-order valence-electron chi connectivity index (χ2n) is 4.63. The fourth-order valence-corrected chi connectivity index (χ4v) is 2.36. The van der Waals surface area contributed by atoms with Gasteiger partial charge in [-0.1, -0.05) is 11.6 Å². The summed E-state index contributed by atoms with van der Waals surface area (Å²) in [6.07, 6.45) is -4.50. The van der Waals surface area contributed by atoms with Gasteiger partial charge in [0.05, 0.1) is 22.0 Å². The quantitative estimate of drug-likeness (QED) is 0.827. The van der Waals surface area contributed by atoms with Gasteiger partial charge in [-0.25, -0.2) is 8.42 Å². The van der Waals surface area contributed by atoms with Crippen molar-refractivity contribution in [3.8, 4) is 0 Å². The minimum absolute atomic E-state index is 0.00228. The van der Waals surface area contributed by atoms with E-state index < -0.39 is 21.8 Å². The third kappa shape index (κ3) is 4.71. The highest BCUT2D eigenvalue weighted by Gasteiger charge is 2.31. The molecule has 2 N–H and O–H groups in total. The van der Waals surface area contributed by atoms with Gasteiger partial charge in [-0.3, -0.25) is 4.72 Å². The second kappa shape index (κ2) is 6.81. The molecule has 1 aromatic carbocycles. The van der Waals surface area contributed by atoms with Crippen LogP contribution in [0.3, 0.4) is 0 Å². The van der Waals surface area contributed by atoms with Gasteiger partial charge in [-0.2, -0.15) is 13.2 Å². The first-order chi connectivity index (χ1) is 11.1. The van der Waals surface area contributed by atoms with Crippen molar-refractivity contribution < 1.29 is 21.6 Å². The Morgan fingerprint density at radius 1 is 1.12 bits per heavy atom. The van der Waals surface area contributed by atoms with E-state index in [1.54, 1.807) is 0 Å². The van der Waals surface area contributed by atoms with Crippen LogP contribution in [-0.4, -0.2) is 24.4 Å². The molecule has 0 radical (unpaired) electrons. The van der Waals surface area contributed by atoms with Gasteiger partial charge in [0.2, 0.25) is 10.0 Å². The summed E-state index contributed by atoms with van der Waals surface area (Å²) in [4.78, 5) is 0. The van der Waals surface area contributed by atoms with Crippen LogP contribution >= 0.6 is 11.6 Å². The Kier molecular flexibility index (Phi) is 5.19. The van der Waals surface area contributed by atoms with Gasteiger partial charge in [0.1, 0.15) is 0 Å². The fraction of sp³-hybridized carbons (Fsp3) is 0.231. The Morgan fingerprint density at radius 2 is 1.75 bits per heavy atom. The molecule has 0 aliphatic heterocycles. The monoisotopic (exact) mass is 380 g/mol. The number of hydrogen-bond donors (Lipinski definition) is 2. The molecule has 0 atom stereocenters. The molecule has 0 unspecified atom stereocenters. The van der Waals surface area contributed by atoms with Crippen molar-refractivity contribution in [3.63, 3.8) is 0 Å². The molecule has 0 saturated heterocycles. The Morgan fingerprint density at radius 3 is 2.29 bits per heavy atom. The van der Waals surface area contributed by atoms with Crippen molar-refractivity contribution in [1.82, 2.24) is 10.2 Å². The molecular formula is C13H12ClF3N4O2S. The number of sulfonamides is 1. The lowest BCUT2D eigenvalue weighted by Gasteiger charge is -2.12. The van der Waals surface area contributed by atoms with E-state index >= 15 is 0 Å². The molecule has 0 fully saturated rings. The number of halogens is 4. The average Bonchev–Trinajstić information content (AvgIpc) is 2.50. The number of hydrogen-bond acceptors (Lipinski definition) is 5. The number of rotatable bonds is 5. The molecule has 0 saturated carbocycles. The number of nitrogens with one attached hydrogen (secondary N) is 2. The highest BCUT2D eigenvalue weighted by Crippen LogP contribution is 2.34. The van der Waals surface area contributed by atoms with Gasteiger partial charge in [-0.05, 0) is 37.3 Å². The molecule has 130 valence electrons. The maximum atomic E-state index is 12.7. The van der Waals surface area contributed by atoms with Gasteiger partial charge in [0.15, 0.2) is 11.6 Å². The molecule has 1 heterocycles. The zero-order valence-electron chi connectivity index (χ0n) is 12.2. The van der Waals surface area contributed by atoms with Crippen molar-refractivity contribution in [1.29, 1.82) is 0 Å². The summed E-state index contributed by atoms with van der Waals surface area (Å²) in [6.45, 7) is 1.46. The number of anilines is 3. The van der Waals surface area contributed by atoms with E-state index in [2.05, 4.69) is 20.2 Å². The van der Waals surface area contributed by atoms with E-state index in [0.717, 1.165) is 18.2 Å². The lowest BCUT2D eigenvalue weighted by Crippen LogP contribution is -2.15. The third-order valence-electron chi connectivity index (χ3n) is 2.86. The Balaban J connectivity index is 2.20. The highest BCUT2D eigenvalue weighted by atomic mass is 35.5. The molecule has 0 spiro atoms. The molecule has 1 aromatic heterocycles. The largest absolute Gasteiger partial charge is 0.416 e. The van der Waals surface area contributed by atoms with Crippen LogP contribution in [-0.2, 0) is 16.2 Å². The van der Waals surface area contributed by atoms with Gasteiger partial charge in [0.25, 0.3) is 0 Å². The van der Waals surface area contributed by atoms with Crippen molar-refractivity contribution in [2.24, 2.45) is 0 Å². The molecule has 0 bridgehead atoms. The maximum Gasteiger partial charge on any atom is 0.416 e. The molecule has 11 heteroatoms. The first-order valence-corrected chi connectivity index (χ1v) is 8.62. The smallest absolute Gasteiger partial charge is 0.338 e. The number of nitrogens with zero attached hydrogens (tertiary/aromatic N) is 2. The first-order valence-electron chi connectivity index (χ1n) is 6.59. The summed E-state index contributed by atoms with van der Waals surface area (Å²) >= 11 is 5.86. The van der Waals surface area contributed by atoms with Crippen LogP contribution in [0, 0.1) is 0 Å². The lowest BCUT2D eigenvalue weighted by molar-refractivity contribution is -0.137. The summed E-state index contributed by atoms with van der Waals surface area (Å²) in [5.74, 6) is -0.0256. The van der Waals surface area contributed by atoms with Crippen LogP contribution in [0.5, 0.6) is 0 Å². The SMILES string of the molecule is CCS(=O)(=O)Nc1ccc(Nc2cc(C(F)(F)F)ccc2Cl)nn1. The molecule has 2 aromatic rings. The van der Waals surface area contributed by atoms with E-state index in [9.17, 15) is 21.6 Å².